The van der Waals surface area contributed by atoms with Gasteiger partial charge in [-0.15, -0.1) is 9.05 Å². The first-order chi connectivity index (χ1) is 3.79. The molecule has 4 nitrogen and oxygen atoms in total. The summed E-state index contributed by atoms with van der Waals surface area (Å²) in [6, 6.07) is 0. The SMILES string of the molecule is NC1CCO[P+](=O)O1.[Na]. The van der Waals surface area contributed by atoms with E-state index < -0.39 is 14.5 Å². The van der Waals surface area contributed by atoms with Gasteiger partial charge in [0, 0.05) is 40.5 Å². The van der Waals surface area contributed by atoms with Crippen molar-refractivity contribution in [3.05, 3.63) is 0 Å². The predicted octanol–water partition coefficient (Wildman–Crippen LogP) is -0.0153. The average Bonchev–Trinajstić information content (AvgIpc) is 1.64. The molecule has 1 aliphatic heterocycles. The molecular formula is C3H7NNaO3P+. The summed E-state index contributed by atoms with van der Waals surface area (Å²) in [4.78, 5) is 0. The van der Waals surface area contributed by atoms with Crippen LogP contribution in [0.3, 0.4) is 0 Å². The van der Waals surface area contributed by atoms with E-state index in [0.717, 1.165) is 0 Å². The minimum Gasteiger partial charge on any atom is -0.302 e. The Balaban J connectivity index is 0.000000640. The molecule has 1 heterocycles. The maximum Gasteiger partial charge on any atom is 0.699 e. The summed E-state index contributed by atoms with van der Waals surface area (Å²) < 4.78 is 19.4. The monoisotopic (exact) mass is 159 g/mol. The Morgan fingerprint density at radius 3 is 2.67 bits per heavy atom. The number of hydrogen-bond acceptors (Lipinski definition) is 4. The van der Waals surface area contributed by atoms with Crippen LogP contribution in [0.2, 0.25) is 0 Å². The molecule has 0 aromatic heterocycles. The molecule has 1 rings (SSSR count). The molecule has 0 spiro atoms. The predicted molar refractivity (Wildman–Crippen MR) is 33.0 cm³/mol. The zero-order chi connectivity index (χ0) is 5.98. The Labute approximate surface area is 76.3 Å². The van der Waals surface area contributed by atoms with E-state index in [1.165, 1.54) is 0 Å². The minimum atomic E-state index is -1.91. The van der Waals surface area contributed by atoms with Gasteiger partial charge in [0.05, 0.1) is 0 Å². The van der Waals surface area contributed by atoms with E-state index >= 15 is 0 Å². The Bertz CT molecular complexity index is 111. The van der Waals surface area contributed by atoms with Crippen LogP contribution in [-0.4, -0.2) is 42.4 Å². The zero-order valence-electron chi connectivity index (χ0n) is 5.24. The Morgan fingerprint density at radius 2 is 2.33 bits per heavy atom. The molecule has 1 radical (unpaired) electrons. The van der Waals surface area contributed by atoms with E-state index in [0.29, 0.717) is 13.0 Å². The zero-order valence-corrected chi connectivity index (χ0v) is 8.14. The summed E-state index contributed by atoms with van der Waals surface area (Å²) >= 11 is 0. The molecule has 2 unspecified atom stereocenters. The number of nitrogens with two attached hydrogens (primary N) is 1. The van der Waals surface area contributed by atoms with Gasteiger partial charge in [0.1, 0.15) is 6.61 Å². The van der Waals surface area contributed by atoms with Gasteiger partial charge in [-0.1, -0.05) is 0 Å². The van der Waals surface area contributed by atoms with Crippen LogP contribution in [0, 0.1) is 0 Å². The summed E-state index contributed by atoms with van der Waals surface area (Å²) in [5.74, 6) is 0. The smallest absolute Gasteiger partial charge is 0.302 e. The van der Waals surface area contributed by atoms with Crippen molar-refractivity contribution >= 4 is 37.8 Å². The second-order valence-corrected chi connectivity index (χ2v) is 2.41. The molecule has 2 atom stereocenters. The fourth-order valence-corrected chi connectivity index (χ4v) is 1.08. The van der Waals surface area contributed by atoms with E-state index in [4.69, 9.17) is 5.73 Å². The van der Waals surface area contributed by atoms with Crippen molar-refractivity contribution in [2.75, 3.05) is 6.61 Å². The minimum absolute atomic E-state index is 0. The molecule has 0 saturated carbocycles. The third-order valence-corrected chi connectivity index (χ3v) is 1.66. The largest absolute Gasteiger partial charge is 0.699 e. The van der Waals surface area contributed by atoms with Gasteiger partial charge in [-0.2, -0.15) is 0 Å². The van der Waals surface area contributed by atoms with Gasteiger partial charge in [0.2, 0.25) is 0 Å². The van der Waals surface area contributed by atoms with Crippen LogP contribution in [-0.2, 0) is 13.6 Å². The van der Waals surface area contributed by atoms with Crippen LogP contribution < -0.4 is 5.73 Å². The van der Waals surface area contributed by atoms with E-state index in [2.05, 4.69) is 9.05 Å². The van der Waals surface area contributed by atoms with Crippen molar-refractivity contribution < 1.29 is 13.6 Å². The molecule has 2 N–H and O–H groups in total. The second-order valence-electron chi connectivity index (χ2n) is 1.49. The van der Waals surface area contributed by atoms with Crippen molar-refractivity contribution in [1.29, 1.82) is 0 Å². The van der Waals surface area contributed by atoms with E-state index in [9.17, 15) is 4.57 Å². The van der Waals surface area contributed by atoms with E-state index in [1.807, 2.05) is 0 Å². The van der Waals surface area contributed by atoms with Crippen molar-refractivity contribution in [1.82, 2.24) is 0 Å². The molecule has 0 aromatic carbocycles. The van der Waals surface area contributed by atoms with Crippen molar-refractivity contribution in [3.8, 4) is 0 Å². The molecule has 0 amide bonds. The van der Waals surface area contributed by atoms with Gasteiger partial charge in [0.25, 0.3) is 0 Å². The quantitative estimate of drug-likeness (QED) is 0.398. The first-order valence-corrected chi connectivity index (χ1v) is 3.41. The van der Waals surface area contributed by atoms with Crippen LogP contribution >= 0.6 is 8.25 Å². The maximum absolute atomic E-state index is 10.3. The molecule has 0 aromatic rings. The summed E-state index contributed by atoms with van der Waals surface area (Å²) in [7, 11) is -1.91. The molecule has 0 bridgehead atoms. The summed E-state index contributed by atoms with van der Waals surface area (Å²) in [6.07, 6.45) is 0.230. The number of hydrogen-bond donors (Lipinski definition) is 1. The van der Waals surface area contributed by atoms with E-state index in [1.54, 1.807) is 0 Å². The topological polar surface area (TPSA) is 61.5 Å². The van der Waals surface area contributed by atoms with Crippen molar-refractivity contribution in [2.45, 2.75) is 12.6 Å². The van der Waals surface area contributed by atoms with E-state index in [-0.39, 0.29) is 29.6 Å². The number of rotatable bonds is 0. The average molecular weight is 159 g/mol. The molecule has 1 fully saturated rings. The fraction of sp³-hybridized carbons (Fsp3) is 1.00. The summed E-state index contributed by atoms with van der Waals surface area (Å²) in [6.45, 7) is 0.441. The van der Waals surface area contributed by atoms with Gasteiger partial charge in [-0.3, -0.25) is 0 Å². The van der Waals surface area contributed by atoms with Crippen LogP contribution in [0.1, 0.15) is 6.42 Å². The fourth-order valence-electron chi connectivity index (χ4n) is 0.437. The normalized spacial score (nSPS) is 31.2. The first-order valence-electron chi connectivity index (χ1n) is 2.31. The molecule has 1 aliphatic rings. The Kier molecular flexibility index (Phi) is 5.26. The third kappa shape index (κ3) is 3.63. The molecular weight excluding hydrogens is 152 g/mol. The van der Waals surface area contributed by atoms with Crippen LogP contribution in [0.5, 0.6) is 0 Å². The maximum atomic E-state index is 10.3. The molecule has 47 valence electrons. The van der Waals surface area contributed by atoms with Gasteiger partial charge in [-0.25, -0.2) is 0 Å². The van der Waals surface area contributed by atoms with Gasteiger partial charge >= 0.3 is 8.25 Å². The van der Waals surface area contributed by atoms with Gasteiger partial charge in [0.15, 0.2) is 6.23 Å². The summed E-state index contributed by atoms with van der Waals surface area (Å²) in [5.41, 5.74) is 5.24. The third-order valence-electron chi connectivity index (χ3n) is 0.821. The van der Waals surface area contributed by atoms with Crippen LogP contribution in [0.15, 0.2) is 0 Å². The van der Waals surface area contributed by atoms with Gasteiger partial charge < -0.3 is 5.73 Å². The molecule has 6 heteroatoms. The van der Waals surface area contributed by atoms with Crippen molar-refractivity contribution in [3.63, 3.8) is 0 Å². The van der Waals surface area contributed by atoms with Gasteiger partial charge in [-0.05, 0) is 0 Å². The molecule has 0 aliphatic carbocycles. The van der Waals surface area contributed by atoms with Crippen LogP contribution in [0.25, 0.3) is 0 Å². The molecule has 9 heavy (non-hydrogen) atoms. The Hall–Kier alpha value is 0.980. The molecule has 1 saturated heterocycles. The van der Waals surface area contributed by atoms with Crippen LogP contribution in [0.4, 0.5) is 0 Å². The second kappa shape index (κ2) is 4.74. The van der Waals surface area contributed by atoms with Crippen molar-refractivity contribution in [2.24, 2.45) is 5.73 Å². The first kappa shape index (κ1) is 9.98. The summed E-state index contributed by atoms with van der Waals surface area (Å²) in [5, 5.41) is 0. The Morgan fingerprint density at radius 1 is 1.67 bits per heavy atom. The standard InChI is InChI=1S/C3H7NO3P.Na/c4-3-1-2-6-8(5)7-3;/h3H,1-2,4H2;/q+1;.